The maximum absolute atomic E-state index is 9.56. The molecule has 0 spiro atoms. The number of hydrogen-bond acceptors (Lipinski definition) is 3. The molecule has 1 N–H and O–H groups in total. The number of rotatable bonds is 3. The van der Waals surface area contributed by atoms with Gasteiger partial charge in [0.15, 0.2) is 0 Å². The molecule has 3 heteroatoms. The summed E-state index contributed by atoms with van der Waals surface area (Å²) in [5.41, 5.74) is 0.0764. The SMILES string of the molecule is CC1CCC(CC2(CO)CCOCC2)O1. The van der Waals surface area contributed by atoms with Gasteiger partial charge >= 0.3 is 0 Å². The molecule has 0 amide bonds. The van der Waals surface area contributed by atoms with Crippen LogP contribution in [-0.4, -0.2) is 37.1 Å². The van der Waals surface area contributed by atoms with Crippen LogP contribution in [0.4, 0.5) is 0 Å². The molecular weight excluding hydrogens is 192 g/mol. The molecule has 0 aromatic heterocycles. The van der Waals surface area contributed by atoms with Crippen LogP contribution in [0.2, 0.25) is 0 Å². The molecule has 2 atom stereocenters. The van der Waals surface area contributed by atoms with Gasteiger partial charge in [0.25, 0.3) is 0 Å². The highest BCUT2D eigenvalue weighted by molar-refractivity contribution is 4.86. The van der Waals surface area contributed by atoms with Crippen molar-refractivity contribution >= 4 is 0 Å². The van der Waals surface area contributed by atoms with Gasteiger partial charge in [-0.3, -0.25) is 0 Å². The Morgan fingerprint density at radius 1 is 1.27 bits per heavy atom. The molecule has 2 aliphatic heterocycles. The minimum absolute atomic E-state index is 0.0764. The molecule has 15 heavy (non-hydrogen) atoms. The van der Waals surface area contributed by atoms with Crippen molar-refractivity contribution in [3.63, 3.8) is 0 Å². The van der Waals surface area contributed by atoms with Crippen LogP contribution in [0.3, 0.4) is 0 Å². The minimum atomic E-state index is 0.0764. The predicted molar refractivity (Wildman–Crippen MR) is 57.8 cm³/mol. The van der Waals surface area contributed by atoms with Gasteiger partial charge in [0, 0.05) is 25.2 Å². The van der Waals surface area contributed by atoms with Crippen LogP contribution in [0, 0.1) is 5.41 Å². The molecule has 0 saturated carbocycles. The van der Waals surface area contributed by atoms with Gasteiger partial charge in [-0.15, -0.1) is 0 Å². The zero-order valence-electron chi connectivity index (χ0n) is 9.58. The fourth-order valence-electron chi connectivity index (χ4n) is 2.75. The Balaban J connectivity index is 1.89. The molecule has 0 aliphatic carbocycles. The van der Waals surface area contributed by atoms with Crippen molar-refractivity contribution in [3.8, 4) is 0 Å². The monoisotopic (exact) mass is 214 g/mol. The molecule has 2 aliphatic rings. The molecule has 2 saturated heterocycles. The summed E-state index contributed by atoms with van der Waals surface area (Å²) >= 11 is 0. The molecular formula is C12H22O3. The van der Waals surface area contributed by atoms with E-state index in [9.17, 15) is 5.11 Å². The van der Waals surface area contributed by atoms with Crippen LogP contribution in [-0.2, 0) is 9.47 Å². The fourth-order valence-corrected chi connectivity index (χ4v) is 2.75. The number of aliphatic hydroxyl groups is 1. The second-order valence-corrected chi connectivity index (χ2v) is 5.12. The van der Waals surface area contributed by atoms with Crippen molar-refractivity contribution in [2.45, 2.75) is 51.2 Å². The number of aliphatic hydroxyl groups excluding tert-OH is 1. The number of ether oxygens (including phenoxy) is 2. The molecule has 0 aromatic rings. The van der Waals surface area contributed by atoms with Crippen LogP contribution in [0.5, 0.6) is 0 Å². The van der Waals surface area contributed by atoms with Crippen molar-refractivity contribution in [2.75, 3.05) is 19.8 Å². The van der Waals surface area contributed by atoms with Crippen molar-refractivity contribution < 1.29 is 14.6 Å². The summed E-state index contributed by atoms with van der Waals surface area (Å²) in [6.07, 6.45) is 6.08. The van der Waals surface area contributed by atoms with Crippen LogP contribution in [0.15, 0.2) is 0 Å². The zero-order valence-corrected chi connectivity index (χ0v) is 9.58. The van der Waals surface area contributed by atoms with Crippen molar-refractivity contribution in [1.29, 1.82) is 0 Å². The van der Waals surface area contributed by atoms with E-state index in [0.29, 0.717) is 12.2 Å². The average Bonchev–Trinajstić information content (AvgIpc) is 2.65. The summed E-state index contributed by atoms with van der Waals surface area (Å²) in [6.45, 7) is 4.01. The lowest BCUT2D eigenvalue weighted by molar-refractivity contribution is -0.0539. The van der Waals surface area contributed by atoms with Crippen LogP contribution in [0.25, 0.3) is 0 Å². The normalized spacial score (nSPS) is 35.6. The molecule has 2 heterocycles. The van der Waals surface area contributed by atoms with E-state index in [1.54, 1.807) is 0 Å². The second kappa shape index (κ2) is 4.81. The largest absolute Gasteiger partial charge is 0.396 e. The maximum atomic E-state index is 9.56. The Morgan fingerprint density at radius 2 is 2.00 bits per heavy atom. The Kier molecular flexibility index (Phi) is 3.65. The summed E-state index contributed by atoms with van der Waals surface area (Å²) in [6, 6.07) is 0. The van der Waals surface area contributed by atoms with E-state index in [2.05, 4.69) is 6.92 Å². The molecule has 0 bridgehead atoms. The standard InChI is InChI=1S/C12H22O3/c1-10-2-3-11(15-10)8-12(9-13)4-6-14-7-5-12/h10-11,13H,2-9H2,1H3. The fraction of sp³-hybridized carbons (Fsp3) is 1.00. The number of hydrogen-bond donors (Lipinski definition) is 1. The van der Waals surface area contributed by atoms with Crippen LogP contribution >= 0.6 is 0 Å². The third-order valence-corrected chi connectivity index (χ3v) is 3.87. The predicted octanol–water partition coefficient (Wildman–Crippen LogP) is 1.73. The van der Waals surface area contributed by atoms with Gasteiger partial charge < -0.3 is 14.6 Å². The first-order valence-corrected chi connectivity index (χ1v) is 6.08. The van der Waals surface area contributed by atoms with Gasteiger partial charge in [-0.25, -0.2) is 0 Å². The third kappa shape index (κ3) is 2.71. The van der Waals surface area contributed by atoms with Crippen LogP contribution < -0.4 is 0 Å². The highest BCUT2D eigenvalue weighted by atomic mass is 16.5. The van der Waals surface area contributed by atoms with E-state index in [0.717, 1.165) is 38.9 Å². The molecule has 3 nitrogen and oxygen atoms in total. The van der Waals surface area contributed by atoms with E-state index < -0.39 is 0 Å². The summed E-state index contributed by atoms with van der Waals surface area (Å²) < 4.78 is 11.2. The summed E-state index contributed by atoms with van der Waals surface area (Å²) in [5.74, 6) is 0. The molecule has 2 fully saturated rings. The maximum Gasteiger partial charge on any atom is 0.0585 e. The Bertz CT molecular complexity index is 199. The topological polar surface area (TPSA) is 38.7 Å². The Hall–Kier alpha value is -0.120. The lowest BCUT2D eigenvalue weighted by Gasteiger charge is -2.37. The van der Waals surface area contributed by atoms with E-state index in [4.69, 9.17) is 9.47 Å². The highest BCUT2D eigenvalue weighted by Gasteiger charge is 2.36. The van der Waals surface area contributed by atoms with Gasteiger partial charge in [0.05, 0.1) is 12.2 Å². The lowest BCUT2D eigenvalue weighted by Crippen LogP contribution is -2.36. The first kappa shape index (κ1) is 11.4. The lowest BCUT2D eigenvalue weighted by atomic mass is 9.76. The van der Waals surface area contributed by atoms with Gasteiger partial charge in [-0.05, 0) is 39.0 Å². The van der Waals surface area contributed by atoms with Gasteiger partial charge in [0.2, 0.25) is 0 Å². The molecule has 2 rings (SSSR count). The van der Waals surface area contributed by atoms with Crippen molar-refractivity contribution in [3.05, 3.63) is 0 Å². The Labute approximate surface area is 91.8 Å². The van der Waals surface area contributed by atoms with E-state index in [-0.39, 0.29) is 12.0 Å². The third-order valence-electron chi connectivity index (χ3n) is 3.87. The minimum Gasteiger partial charge on any atom is -0.396 e. The second-order valence-electron chi connectivity index (χ2n) is 5.12. The zero-order chi connectivity index (χ0) is 10.7. The average molecular weight is 214 g/mol. The smallest absolute Gasteiger partial charge is 0.0585 e. The summed E-state index contributed by atoms with van der Waals surface area (Å²) in [4.78, 5) is 0. The van der Waals surface area contributed by atoms with Crippen molar-refractivity contribution in [2.24, 2.45) is 5.41 Å². The Morgan fingerprint density at radius 3 is 2.53 bits per heavy atom. The van der Waals surface area contributed by atoms with E-state index >= 15 is 0 Å². The highest BCUT2D eigenvalue weighted by Crippen LogP contribution is 2.38. The van der Waals surface area contributed by atoms with Gasteiger partial charge in [-0.2, -0.15) is 0 Å². The first-order chi connectivity index (χ1) is 7.24. The van der Waals surface area contributed by atoms with Crippen molar-refractivity contribution in [1.82, 2.24) is 0 Å². The molecule has 2 unspecified atom stereocenters. The summed E-state index contributed by atoms with van der Waals surface area (Å²) in [5, 5.41) is 9.56. The van der Waals surface area contributed by atoms with Gasteiger partial charge in [0.1, 0.15) is 0 Å². The first-order valence-electron chi connectivity index (χ1n) is 6.08. The van der Waals surface area contributed by atoms with Crippen LogP contribution in [0.1, 0.15) is 39.0 Å². The molecule has 0 radical (unpaired) electrons. The molecule has 88 valence electrons. The van der Waals surface area contributed by atoms with E-state index in [1.807, 2.05) is 0 Å². The van der Waals surface area contributed by atoms with Gasteiger partial charge in [-0.1, -0.05) is 0 Å². The quantitative estimate of drug-likeness (QED) is 0.777. The molecule has 0 aromatic carbocycles. The summed E-state index contributed by atoms with van der Waals surface area (Å²) in [7, 11) is 0. The van der Waals surface area contributed by atoms with E-state index in [1.165, 1.54) is 6.42 Å².